The van der Waals surface area contributed by atoms with Crippen LogP contribution in [0.2, 0.25) is 5.15 Å². The van der Waals surface area contributed by atoms with Crippen LogP contribution in [0.4, 0.5) is 0 Å². The highest BCUT2D eigenvalue weighted by Gasteiger charge is 2.09. The summed E-state index contributed by atoms with van der Waals surface area (Å²) in [5.41, 5.74) is 3.74. The Morgan fingerprint density at radius 1 is 1.17 bits per heavy atom. The number of rotatable bonds is 2. The molecule has 0 spiro atoms. The SMILES string of the molecule is COc1ccc(-c2cc(Cl)[nH]c(=O)c2)c(C)c1C. The van der Waals surface area contributed by atoms with Gasteiger partial charge in [0.05, 0.1) is 7.11 Å². The van der Waals surface area contributed by atoms with Crippen molar-refractivity contribution in [1.82, 2.24) is 4.98 Å². The van der Waals surface area contributed by atoms with E-state index in [0.29, 0.717) is 5.15 Å². The van der Waals surface area contributed by atoms with E-state index in [1.165, 1.54) is 0 Å². The van der Waals surface area contributed by atoms with E-state index in [1.807, 2.05) is 26.0 Å². The van der Waals surface area contributed by atoms with Crippen LogP contribution in [-0.4, -0.2) is 12.1 Å². The Hall–Kier alpha value is -1.74. The number of H-pyrrole nitrogens is 1. The smallest absolute Gasteiger partial charge is 0.249 e. The van der Waals surface area contributed by atoms with Gasteiger partial charge in [-0.3, -0.25) is 4.79 Å². The van der Waals surface area contributed by atoms with Gasteiger partial charge in [0.25, 0.3) is 0 Å². The molecule has 0 fully saturated rings. The Bertz CT molecular complexity index is 647. The average molecular weight is 264 g/mol. The normalized spacial score (nSPS) is 10.4. The summed E-state index contributed by atoms with van der Waals surface area (Å²) in [6.07, 6.45) is 0. The lowest BCUT2D eigenvalue weighted by Gasteiger charge is -2.12. The van der Waals surface area contributed by atoms with Gasteiger partial charge in [-0.25, -0.2) is 0 Å². The lowest BCUT2D eigenvalue weighted by Crippen LogP contribution is -2.04. The minimum atomic E-state index is -0.203. The van der Waals surface area contributed by atoms with Crippen molar-refractivity contribution >= 4 is 11.6 Å². The zero-order valence-electron chi connectivity index (χ0n) is 10.5. The van der Waals surface area contributed by atoms with Gasteiger partial charge >= 0.3 is 0 Å². The fourth-order valence-corrected chi connectivity index (χ4v) is 2.21. The molecule has 1 aromatic heterocycles. The van der Waals surface area contributed by atoms with Crippen LogP contribution in [0.3, 0.4) is 0 Å². The second kappa shape index (κ2) is 4.86. The Balaban J connectivity index is 2.64. The third-order valence-electron chi connectivity index (χ3n) is 3.08. The standard InChI is InChI=1S/C14H14ClNO2/c1-8-9(2)12(18-3)5-4-11(8)10-6-13(15)16-14(17)7-10/h4-7H,1-3H3,(H,16,17). The molecule has 94 valence electrons. The molecule has 0 radical (unpaired) electrons. The summed E-state index contributed by atoms with van der Waals surface area (Å²) >= 11 is 5.87. The van der Waals surface area contributed by atoms with Gasteiger partial charge < -0.3 is 9.72 Å². The zero-order valence-corrected chi connectivity index (χ0v) is 11.3. The molecular formula is C14H14ClNO2. The van der Waals surface area contributed by atoms with Crippen molar-refractivity contribution in [3.05, 3.63) is 50.9 Å². The molecule has 2 rings (SSSR count). The summed E-state index contributed by atoms with van der Waals surface area (Å²) in [5, 5.41) is 0.338. The number of ether oxygens (including phenoxy) is 1. The summed E-state index contributed by atoms with van der Waals surface area (Å²) in [5.74, 6) is 0.840. The topological polar surface area (TPSA) is 42.1 Å². The molecule has 3 nitrogen and oxygen atoms in total. The highest BCUT2D eigenvalue weighted by molar-refractivity contribution is 6.29. The molecule has 1 N–H and O–H groups in total. The minimum Gasteiger partial charge on any atom is -0.496 e. The maximum absolute atomic E-state index is 11.4. The maximum atomic E-state index is 11.4. The number of methoxy groups -OCH3 is 1. The van der Waals surface area contributed by atoms with Crippen LogP contribution in [0.15, 0.2) is 29.1 Å². The molecule has 0 aliphatic rings. The van der Waals surface area contributed by atoms with Gasteiger partial charge in [0.15, 0.2) is 0 Å². The molecule has 18 heavy (non-hydrogen) atoms. The first-order valence-electron chi connectivity index (χ1n) is 5.57. The number of nitrogens with one attached hydrogen (secondary N) is 1. The van der Waals surface area contributed by atoms with Crippen LogP contribution in [0, 0.1) is 13.8 Å². The number of pyridine rings is 1. The molecular weight excluding hydrogens is 250 g/mol. The molecule has 0 aliphatic carbocycles. The molecule has 0 saturated carbocycles. The van der Waals surface area contributed by atoms with Crippen molar-refractivity contribution < 1.29 is 4.74 Å². The number of benzene rings is 1. The summed E-state index contributed by atoms with van der Waals surface area (Å²) < 4.78 is 5.27. The van der Waals surface area contributed by atoms with Gasteiger partial charge in [-0.1, -0.05) is 17.7 Å². The molecule has 0 amide bonds. The second-order valence-electron chi connectivity index (χ2n) is 4.15. The average Bonchev–Trinajstić information content (AvgIpc) is 2.31. The number of aromatic nitrogens is 1. The first-order valence-corrected chi connectivity index (χ1v) is 5.95. The number of hydrogen-bond donors (Lipinski definition) is 1. The first-order chi connectivity index (χ1) is 8.52. The van der Waals surface area contributed by atoms with Crippen LogP contribution in [0.5, 0.6) is 5.75 Å². The minimum absolute atomic E-state index is 0.203. The molecule has 1 aromatic carbocycles. The molecule has 0 bridgehead atoms. The van der Waals surface area contributed by atoms with Crippen molar-refractivity contribution in [2.75, 3.05) is 7.11 Å². The zero-order chi connectivity index (χ0) is 13.3. The van der Waals surface area contributed by atoms with Crippen LogP contribution in [0.1, 0.15) is 11.1 Å². The van der Waals surface area contributed by atoms with E-state index in [-0.39, 0.29) is 5.56 Å². The Kier molecular flexibility index (Phi) is 3.43. The highest BCUT2D eigenvalue weighted by atomic mass is 35.5. The number of hydrogen-bond acceptors (Lipinski definition) is 2. The van der Waals surface area contributed by atoms with Crippen molar-refractivity contribution in [3.8, 4) is 16.9 Å². The van der Waals surface area contributed by atoms with Gasteiger partial charge in [0, 0.05) is 6.07 Å². The molecule has 0 saturated heterocycles. The van der Waals surface area contributed by atoms with Gasteiger partial charge in [0.1, 0.15) is 10.9 Å². The van der Waals surface area contributed by atoms with E-state index >= 15 is 0 Å². The number of halogens is 1. The lowest BCUT2D eigenvalue weighted by molar-refractivity contribution is 0.411. The fourth-order valence-electron chi connectivity index (χ4n) is 1.99. The Labute approximate surface area is 110 Å². The van der Waals surface area contributed by atoms with E-state index in [4.69, 9.17) is 16.3 Å². The second-order valence-corrected chi connectivity index (χ2v) is 4.55. The Morgan fingerprint density at radius 2 is 1.89 bits per heavy atom. The highest BCUT2D eigenvalue weighted by Crippen LogP contribution is 2.30. The molecule has 1 heterocycles. The van der Waals surface area contributed by atoms with Crippen molar-refractivity contribution in [1.29, 1.82) is 0 Å². The van der Waals surface area contributed by atoms with E-state index < -0.39 is 0 Å². The van der Waals surface area contributed by atoms with Gasteiger partial charge in [-0.05, 0) is 48.2 Å². The van der Waals surface area contributed by atoms with Crippen LogP contribution in [0.25, 0.3) is 11.1 Å². The van der Waals surface area contributed by atoms with Gasteiger partial charge in [-0.2, -0.15) is 0 Å². The largest absolute Gasteiger partial charge is 0.496 e. The van der Waals surface area contributed by atoms with E-state index in [2.05, 4.69) is 4.98 Å². The van der Waals surface area contributed by atoms with Gasteiger partial charge in [0.2, 0.25) is 5.56 Å². The van der Waals surface area contributed by atoms with Crippen molar-refractivity contribution in [2.24, 2.45) is 0 Å². The quantitative estimate of drug-likeness (QED) is 0.845. The molecule has 2 aromatic rings. The van der Waals surface area contributed by atoms with Crippen LogP contribution >= 0.6 is 11.6 Å². The van der Waals surface area contributed by atoms with Gasteiger partial charge in [-0.15, -0.1) is 0 Å². The fraction of sp³-hybridized carbons (Fsp3) is 0.214. The third-order valence-corrected chi connectivity index (χ3v) is 3.28. The Morgan fingerprint density at radius 3 is 2.50 bits per heavy atom. The van der Waals surface area contributed by atoms with E-state index in [9.17, 15) is 4.79 Å². The first kappa shape index (κ1) is 12.7. The third kappa shape index (κ3) is 2.27. The monoisotopic (exact) mass is 263 g/mol. The maximum Gasteiger partial charge on any atom is 0.249 e. The summed E-state index contributed by atoms with van der Waals surface area (Å²) in [4.78, 5) is 14.0. The summed E-state index contributed by atoms with van der Waals surface area (Å²) in [6.45, 7) is 3.99. The van der Waals surface area contributed by atoms with E-state index in [0.717, 1.165) is 28.0 Å². The summed E-state index contributed by atoms with van der Waals surface area (Å²) in [6, 6.07) is 7.12. The predicted octanol–water partition coefficient (Wildman–Crippen LogP) is 3.32. The summed E-state index contributed by atoms with van der Waals surface area (Å²) in [7, 11) is 1.64. The predicted molar refractivity (Wildman–Crippen MR) is 73.5 cm³/mol. The van der Waals surface area contributed by atoms with Crippen molar-refractivity contribution in [2.45, 2.75) is 13.8 Å². The molecule has 0 unspecified atom stereocenters. The molecule has 0 aliphatic heterocycles. The van der Waals surface area contributed by atoms with Crippen LogP contribution < -0.4 is 10.3 Å². The van der Waals surface area contributed by atoms with Crippen LogP contribution in [-0.2, 0) is 0 Å². The molecule has 0 atom stereocenters. The lowest BCUT2D eigenvalue weighted by atomic mass is 9.97. The van der Waals surface area contributed by atoms with Crippen molar-refractivity contribution in [3.63, 3.8) is 0 Å². The van der Waals surface area contributed by atoms with E-state index in [1.54, 1.807) is 19.2 Å². The molecule has 4 heteroatoms. The number of aromatic amines is 1.